The Labute approximate surface area is 126 Å². The van der Waals surface area contributed by atoms with Crippen LogP contribution >= 0.6 is 0 Å². The van der Waals surface area contributed by atoms with Crippen LogP contribution in [-0.4, -0.2) is 33.5 Å². The standard InChI is InChI=1S/C14H23N3O3S/c1-4-9-15-12-5-7-13(8-6-12)21(19,20)16-10-14(18)17-11(2)3/h5-8,11,15-16H,4,9-10H2,1-3H3,(H,17,18). The molecule has 0 aliphatic heterocycles. The second-order valence-corrected chi connectivity index (χ2v) is 6.76. The Morgan fingerprint density at radius 1 is 1.19 bits per heavy atom. The maximum atomic E-state index is 12.0. The van der Waals surface area contributed by atoms with Crippen molar-refractivity contribution in [3.63, 3.8) is 0 Å². The van der Waals surface area contributed by atoms with Crippen molar-refractivity contribution in [3.8, 4) is 0 Å². The highest BCUT2D eigenvalue weighted by molar-refractivity contribution is 7.89. The zero-order valence-electron chi connectivity index (χ0n) is 12.6. The Balaban J connectivity index is 2.63. The zero-order valence-corrected chi connectivity index (χ0v) is 13.5. The fourth-order valence-corrected chi connectivity index (χ4v) is 2.62. The van der Waals surface area contributed by atoms with E-state index in [9.17, 15) is 13.2 Å². The molecule has 0 bridgehead atoms. The lowest BCUT2D eigenvalue weighted by Crippen LogP contribution is -2.39. The first-order chi connectivity index (χ1) is 9.85. The number of carbonyl (C=O) groups excluding carboxylic acids is 1. The van der Waals surface area contributed by atoms with Crippen molar-refractivity contribution in [2.75, 3.05) is 18.4 Å². The molecule has 0 atom stereocenters. The van der Waals surface area contributed by atoms with Crippen LogP contribution in [0.15, 0.2) is 29.2 Å². The van der Waals surface area contributed by atoms with Crippen LogP contribution in [0.4, 0.5) is 5.69 Å². The van der Waals surface area contributed by atoms with Gasteiger partial charge in [0.25, 0.3) is 0 Å². The lowest BCUT2D eigenvalue weighted by molar-refractivity contribution is -0.120. The van der Waals surface area contributed by atoms with Gasteiger partial charge in [-0.3, -0.25) is 4.79 Å². The summed E-state index contributed by atoms with van der Waals surface area (Å²) < 4.78 is 26.4. The van der Waals surface area contributed by atoms with Crippen molar-refractivity contribution < 1.29 is 13.2 Å². The minimum Gasteiger partial charge on any atom is -0.385 e. The lowest BCUT2D eigenvalue weighted by atomic mass is 10.3. The van der Waals surface area contributed by atoms with Gasteiger partial charge in [-0.1, -0.05) is 6.92 Å². The SMILES string of the molecule is CCCNc1ccc(S(=O)(=O)NCC(=O)NC(C)C)cc1. The molecule has 0 saturated carbocycles. The molecular formula is C14H23N3O3S. The number of carbonyl (C=O) groups is 1. The molecule has 0 heterocycles. The summed E-state index contributed by atoms with van der Waals surface area (Å²) in [5.74, 6) is -0.352. The van der Waals surface area contributed by atoms with Gasteiger partial charge in [-0.25, -0.2) is 13.1 Å². The quantitative estimate of drug-likeness (QED) is 0.675. The molecule has 3 N–H and O–H groups in total. The molecule has 0 aliphatic rings. The van der Waals surface area contributed by atoms with Gasteiger partial charge in [0.1, 0.15) is 0 Å². The Morgan fingerprint density at radius 3 is 2.33 bits per heavy atom. The second kappa shape index (κ2) is 7.99. The largest absolute Gasteiger partial charge is 0.385 e. The number of hydrogen-bond acceptors (Lipinski definition) is 4. The lowest BCUT2D eigenvalue weighted by Gasteiger charge is -2.10. The van der Waals surface area contributed by atoms with Crippen molar-refractivity contribution in [3.05, 3.63) is 24.3 Å². The summed E-state index contributed by atoms with van der Waals surface area (Å²) in [7, 11) is -3.67. The van der Waals surface area contributed by atoms with Crippen LogP contribution in [0.3, 0.4) is 0 Å². The highest BCUT2D eigenvalue weighted by Crippen LogP contribution is 2.13. The van der Waals surface area contributed by atoms with Gasteiger partial charge in [-0.05, 0) is 44.5 Å². The van der Waals surface area contributed by atoms with E-state index in [1.165, 1.54) is 12.1 Å². The van der Waals surface area contributed by atoms with Crippen LogP contribution in [0.2, 0.25) is 0 Å². The van der Waals surface area contributed by atoms with E-state index in [-0.39, 0.29) is 23.4 Å². The minimum absolute atomic E-state index is 0.0223. The van der Waals surface area contributed by atoms with E-state index >= 15 is 0 Å². The van der Waals surface area contributed by atoms with Gasteiger partial charge in [0.05, 0.1) is 11.4 Å². The monoisotopic (exact) mass is 313 g/mol. The molecule has 1 amide bonds. The number of nitrogens with one attached hydrogen (secondary N) is 3. The van der Waals surface area contributed by atoms with Gasteiger partial charge in [0, 0.05) is 18.3 Å². The molecule has 0 aliphatic carbocycles. The minimum atomic E-state index is -3.67. The van der Waals surface area contributed by atoms with E-state index in [1.807, 2.05) is 13.8 Å². The molecule has 0 spiro atoms. The topological polar surface area (TPSA) is 87.3 Å². The summed E-state index contributed by atoms with van der Waals surface area (Å²) in [6.45, 7) is 6.25. The number of anilines is 1. The third-order valence-electron chi connectivity index (χ3n) is 2.62. The number of benzene rings is 1. The predicted octanol–water partition coefficient (Wildman–Crippen LogP) is 1.31. The average molecular weight is 313 g/mol. The molecule has 0 radical (unpaired) electrons. The van der Waals surface area contributed by atoms with Gasteiger partial charge < -0.3 is 10.6 Å². The first-order valence-corrected chi connectivity index (χ1v) is 8.46. The summed E-state index contributed by atoms with van der Waals surface area (Å²) in [4.78, 5) is 11.6. The van der Waals surface area contributed by atoms with E-state index in [2.05, 4.69) is 22.3 Å². The van der Waals surface area contributed by atoms with Crippen LogP contribution < -0.4 is 15.4 Å². The van der Waals surface area contributed by atoms with E-state index < -0.39 is 10.0 Å². The van der Waals surface area contributed by atoms with Crippen molar-refractivity contribution in [2.24, 2.45) is 0 Å². The number of hydrogen-bond donors (Lipinski definition) is 3. The Hall–Kier alpha value is -1.60. The van der Waals surface area contributed by atoms with Crippen LogP contribution in [0.1, 0.15) is 27.2 Å². The Kier molecular flexibility index (Phi) is 6.64. The summed E-state index contributed by atoms with van der Waals surface area (Å²) in [6.07, 6.45) is 0.993. The van der Waals surface area contributed by atoms with Gasteiger partial charge in [0.2, 0.25) is 15.9 Å². The fourth-order valence-electron chi connectivity index (χ4n) is 1.64. The van der Waals surface area contributed by atoms with Crippen molar-refractivity contribution in [1.29, 1.82) is 0 Å². The zero-order chi connectivity index (χ0) is 15.9. The van der Waals surface area contributed by atoms with Crippen LogP contribution in [0.25, 0.3) is 0 Å². The smallest absolute Gasteiger partial charge is 0.241 e. The highest BCUT2D eigenvalue weighted by Gasteiger charge is 2.15. The first-order valence-electron chi connectivity index (χ1n) is 6.98. The molecule has 0 saturated heterocycles. The summed E-state index contributed by atoms with van der Waals surface area (Å²) >= 11 is 0. The van der Waals surface area contributed by atoms with E-state index in [4.69, 9.17) is 0 Å². The van der Waals surface area contributed by atoms with Gasteiger partial charge >= 0.3 is 0 Å². The number of rotatable bonds is 8. The van der Waals surface area contributed by atoms with E-state index in [1.54, 1.807) is 12.1 Å². The highest BCUT2D eigenvalue weighted by atomic mass is 32.2. The molecule has 1 aromatic rings. The predicted molar refractivity (Wildman–Crippen MR) is 83.7 cm³/mol. The van der Waals surface area contributed by atoms with E-state index in [0.29, 0.717) is 0 Å². The second-order valence-electron chi connectivity index (χ2n) is 5.00. The van der Waals surface area contributed by atoms with Crippen molar-refractivity contribution in [2.45, 2.75) is 38.1 Å². The maximum absolute atomic E-state index is 12.0. The summed E-state index contributed by atoms with van der Waals surface area (Å²) in [5.41, 5.74) is 0.869. The van der Waals surface area contributed by atoms with Crippen molar-refractivity contribution >= 4 is 21.6 Å². The molecule has 7 heteroatoms. The molecule has 118 valence electrons. The van der Waals surface area contributed by atoms with Gasteiger partial charge in [0.15, 0.2) is 0 Å². The van der Waals surface area contributed by atoms with Crippen LogP contribution in [0, 0.1) is 0 Å². The first kappa shape index (κ1) is 17.5. The van der Waals surface area contributed by atoms with E-state index in [0.717, 1.165) is 18.7 Å². The molecule has 0 aromatic heterocycles. The molecule has 6 nitrogen and oxygen atoms in total. The molecular weight excluding hydrogens is 290 g/mol. The third kappa shape index (κ3) is 6.14. The number of amides is 1. The number of sulfonamides is 1. The maximum Gasteiger partial charge on any atom is 0.241 e. The normalized spacial score (nSPS) is 11.4. The molecule has 0 unspecified atom stereocenters. The Bertz CT molecular complexity index is 553. The third-order valence-corrected chi connectivity index (χ3v) is 4.03. The molecule has 0 fully saturated rings. The molecule has 21 heavy (non-hydrogen) atoms. The van der Waals surface area contributed by atoms with Gasteiger partial charge in [-0.15, -0.1) is 0 Å². The van der Waals surface area contributed by atoms with Gasteiger partial charge in [-0.2, -0.15) is 0 Å². The summed E-state index contributed by atoms with van der Waals surface area (Å²) in [5, 5.41) is 5.79. The van der Waals surface area contributed by atoms with Crippen molar-refractivity contribution in [1.82, 2.24) is 10.0 Å². The Morgan fingerprint density at radius 2 is 1.81 bits per heavy atom. The molecule has 1 aromatic carbocycles. The molecule has 1 rings (SSSR count). The average Bonchev–Trinajstić information content (AvgIpc) is 2.43. The summed E-state index contributed by atoms with van der Waals surface area (Å²) in [6, 6.07) is 6.42. The van der Waals surface area contributed by atoms with Crippen LogP contribution in [0.5, 0.6) is 0 Å². The van der Waals surface area contributed by atoms with Crippen LogP contribution in [-0.2, 0) is 14.8 Å². The fraction of sp³-hybridized carbons (Fsp3) is 0.500.